The predicted molar refractivity (Wildman–Crippen MR) is 90.1 cm³/mol. The predicted octanol–water partition coefficient (Wildman–Crippen LogP) is 3.67. The first-order valence-electron chi connectivity index (χ1n) is 7.04. The highest BCUT2D eigenvalue weighted by atomic mass is 35.5. The summed E-state index contributed by atoms with van der Waals surface area (Å²) in [6.45, 7) is 1.68. The van der Waals surface area contributed by atoms with Gasteiger partial charge in [0, 0.05) is 17.9 Å². The molecular weight excluding hydrogens is 326 g/mol. The Kier molecular flexibility index (Phi) is 8.77. The van der Waals surface area contributed by atoms with Crippen LogP contribution in [-0.4, -0.2) is 35.1 Å². The van der Waals surface area contributed by atoms with Gasteiger partial charge in [-0.2, -0.15) is 11.8 Å². The van der Waals surface area contributed by atoms with E-state index in [0.29, 0.717) is 12.1 Å². The highest BCUT2D eigenvalue weighted by Gasteiger charge is 2.08. The standard InChI is InChI=1S/C15H20ClNO4S/c1-2-3-7-22-8-6-14(18)17-11-4-5-13(12(16)9-11)21-10-15(19)20/h4-5,9H,2-3,6-8,10H2,1H3,(H,17,18)(H,19,20). The van der Waals surface area contributed by atoms with E-state index in [1.54, 1.807) is 23.9 Å². The third kappa shape index (κ3) is 7.56. The molecule has 0 spiro atoms. The molecule has 1 aromatic rings. The van der Waals surface area contributed by atoms with Gasteiger partial charge in [0.1, 0.15) is 5.75 Å². The molecule has 0 saturated heterocycles. The number of ether oxygens (including phenoxy) is 1. The minimum atomic E-state index is -1.07. The first kappa shape index (κ1) is 18.6. The summed E-state index contributed by atoms with van der Waals surface area (Å²) < 4.78 is 5.01. The zero-order valence-electron chi connectivity index (χ0n) is 12.4. The first-order chi connectivity index (χ1) is 10.5. The van der Waals surface area contributed by atoms with E-state index in [2.05, 4.69) is 12.2 Å². The summed E-state index contributed by atoms with van der Waals surface area (Å²) in [6.07, 6.45) is 2.77. The summed E-state index contributed by atoms with van der Waals surface area (Å²) in [5, 5.41) is 11.6. The lowest BCUT2D eigenvalue weighted by Crippen LogP contribution is -2.13. The first-order valence-corrected chi connectivity index (χ1v) is 8.58. The molecule has 0 radical (unpaired) electrons. The molecule has 0 aliphatic rings. The van der Waals surface area contributed by atoms with Crippen molar-refractivity contribution < 1.29 is 19.4 Å². The molecule has 2 N–H and O–H groups in total. The molecular formula is C15H20ClNO4S. The Morgan fingerprint density at radius 3 is 2.77 bits per heavy atom. The van der Waals surface area contributed by atoms with Crippen LogP contribution in [-0.2, 0) is 9.59 Å². The maximum Gasteiger partial charge on any atom is 0.341 e. The van der Waals surface area contributed by atoms with Crippen LogP contribution >= 0.6 is 23.4 Å². The second kappa shape index (κ2) is 10.3. The molecule has 1 rings (SSSR count). The zero-order chi connectivity index (χ0) is 16.4. The van der Waals surface area contributed by atoms with Gasteiger partial charge >= 0.3 is 5.97 Å². The molecule has 22 heavy (non-hydrogen) atoms. The van der Waals surface area contributed by atoms with Crippen molar-refractivity contribution in [3.05, 3.63) is 23.2 Å². The molecule has 1 amide bonds. The lowest BCUT2D eigenvalue weighted by molar-refractivity contribution is -0.139. The van der Waals surface area contributed by atoms with Gasteiger partial charge in [0.2, 0.25) is 5.91 Å². The van der Waals surface area contributed by atoms with Crippen molar-refractivity contribution >= 4 is 40.9 Å². The lowest BCUT2D eigenvalue weighted by atomic mass is 10.3. The monoisotopic (exact) mass is 345 g/mol. The molecule has 5 nitrogen and oxygen atoms in total. The number of anilines is 1. The Morgan fingerprint density at radius 2 is 2.14 bits per heavy atom. The number of rotatable bonds is 10. The molecule has 7 heteroatoms. The van der Waals surface area contributed by atoms with Gasteiger partial charge in [-0.15, -0.1) is 0 Å². The van der Waals surface area contributed by atoms with Crippen molar-refractivity contribution in [2.75, 3.05) is 23.4 Å². The number of amides is 1. The van der Waals surface area contributed by atoms with Crippen LogP contribution in [0.2, 0.25) is 5.02 Å². The number of carbonyl (C=O) groups is 2. The van der Waals surface area contributed by atoms with E-state index in [4.69, 9.17) is 21.4 Å². The number of carboxylic acid groups (broad SMARTS) is 1. The number of benzene rings is 1. The Balaban J connectivity index is 2.40. The second-order valence-corrected chi connectivity index (χ2v) is 6.22. The smallest absolute Gasteiger partial charge is 0.341 e. The molecule has 0 aliphatic heterocycles. The summed E-state index contributed by atoms with van der Waals surface area (Å²) in [7, 11) is 0. The van der Waals surface area contributed by atoms with Gasteiger partial charge in [-0.1, -0.05) is 24.9 Å². The van der Waals surface area contributed by atoms with Crippen molar-refractivity contribution in [3.63, 3.8) is 0 Å². The van der Waals surface area contributed by atoms with Gasteiger partial charge in [0.15, 0.2) is 6.61 Å². The molecule has 0 saturated carbocycles. The van der Waals surface area contributed by atoms with E-state index in [0.717, 1.165) is 17.9 Å². The minimum absolute atomic E-state index is 0.0701. The van der Waals surface area contributed by atoms with E-state index < -0.39 is 12.6 Å². The van der Waals surface area contributed by atoms with Crippen LogP contribution in [0.25, 0.3) is 0 Å². The number of hydrogen-bond donors (Lipinski definition) is 2. The molecule has 0 aromatic heterocycles. The number of halogens is 1. The SMILES string of the molecule is CCCCSCCC(=O)Nc1ccc(OCC(=O)O)c(Cl)c1. The molecule has 1 aromatic carbocycles. The fraction of sp³-hybridized carbons (Fsp3) is 0.467. The molecule has 0 unspecified atom stereocenters. The summed E-state index contributed by atoms with van der Waals surface area (Å²) in [5.41, 5.74) is 0.566. The number of aliphatic carboxylic acids is 1. The molecule has 0 atom stereocenters. The third-order valence-electron chi connectivity index (χ3n) is 2.68. The van der Waals surface area contributed by atoms with Crippen molar-refractivity contribution in [2.24, 2.45) is 0 Å². The van der Waals surface area contributed by atoms with E-state index in [-0.39, 0.29) is 16.7 Å². The maximum absolute atomic E-state index is 11.8. The van der Waals surface area contributed by atoms with E-state index in [1.807, 2.05) is 0 Å². The number of carboxylic acids is 1. The van der Waals surface area contributed by atoms with Crippen molar-refractivity contribution in [1.29, 1.82) is 0 Å². The van der Waals surface area contributed by atoms with Crippen molar-refractivity contribution in [1.82, 2.24) is 0 Å². The van der Waals surface area contributed by atoms with Crippen molar-refractivity contribution in [2.45, 2.75) is 26.2 Å². The Hall–Kier alpha value is -1.40. The average molecular weight is 346 g/mol. The Bertz CT molecular complexity index is 510. The minimum Gasteiger partial charge on any atom is -0.480 e. The van der Waals surface area contributed by atoms with Crippen LogP contribution in [0, 0.1) is 0 Å². The summed E-state index contributed by atoms with van der Waals surface area (Å²) in [4.78, 5) is 22.2. The number of carbonyl (C=O) groups excluding carboxylic acids is 1. The molecule has 122 valence electrons. The van der Waals surface area contributed by atoms with E-state index >= 15 is 0 Å². The van der Waals surface area contributed by atoms with Crippen LogP contribution in [0.1, 0.15) is 26.2 Å². The van der Waals surface area contributed by atoms with Gasteiger partial charge < -0.3 is 15.2 Å². The van der Waals surface area contributed by atoms with Gasteiger partial charge in [0.25, 0.3) is 0 Å². The number of unbranched alkanes of at least 4 members (excludes halogenated alkanes) is 1. The van der Waals surface area contributed by atoms with Crippen LogP contribution in [0.3, 0.4) is 0 Å². The van der Waals surface area contributed by atoms with Crippen LogP contribution < -0.4 is 10.1 Å². The number of hydrogen-bond acceptors (Lipinski definition) is 4. The number of nitrogens with one attached hydrogen (secondary N) is 1. The fourth-order valence-electron chi connectivity index (χ4n) is 1.57. The molecule has 0 aliphatic carbocycles. The molecule has 0 fully saturated rings. The Labute approximate surface area is 139 Å². The molecule has 0 heterocycles. The summed E-state index contributed by atoms with van der Waals surface area (Å²) in [5.74, 6) is 0.996. The van der Waals surface area contributed by atoms with Gasteiger partial charge in [-0.25, -0.2) is 4.79 Å². The average Bonchev–Trinajstić information content (AvgIpc) is 2.46. The van der Waals surface area contributed by atoms with Crippen LogP contribution in [0.4, 0.5) is 5.69 Å². The highest BCUT2D eigenvalue weighted by Crippen LogP contribution is 2.27. The normalized spacial score (nSPS) is 10.3. The van der Waals surface area contributed by atoms with Gasteiger partial charge in [-0.3, -0.25) is 4.79 Å². The van der Waals surface area contributed by atoms with Gasteiger partial charge in [0.05, 0.1) is 5.02 Å². The topological polar surface area (TPSA) is 75.6 Å². The second-order valence-electron chi connectivity index (χ2n) is 4.59. The maximum atomic E-state index is 11.8. The Morgan fingerprint density at radius 1 is 1.36 bits per heavy atom. The number of thioether (sulfide) groups is 1. The van der Waals surface area contributed by atoms with Gasteiger partial charge in [-0.05, 0) is 30.4 Å². The van der Waals surface area contributed by atoms with Crippen LogP contribution in [0.5, 0.6) is 5.75 Å². The largest absolute Gasteiger partial charge is 0.480 e. The van der Waals surface area contributed by atoms with E-state index in [9.17, 15) is 9.59 Å². The van der Waals surface area contributed by atoms with Crippen LogP contribution in [0.15, 0.2) is 18.2 Å². The van der Waals surface area contributed by atoms with Crippen molar-refractivity contribution in [3.8, 4) is 5.75 Å². The zero-order valence-corrected chi connectivity index (χ0v) is 14.0. The lowest BCUT2D eigenvalue weighted by Gasteiger charge is -2.09. The highest BCUT2D eigenvalue weighted by molar-refractivity contribution is 7.99. The molecule has 0 bridgehead atoms. The summed E-state index contributed by atoms with van der Waals surface area (Å²) in [6, 6.07) is 4.71. The quantitative estimate of drug-likeness (QED) is 0.633. The summed E-state index contributed by atoms with van der Waals surface area (Å²) >= 11 is 7.75. The third-order valence-corrected chi connectivity index (χ3v) is 4.05. The van der Waals surface area contributed by atoms with E-state index in [1.165, 1.54) is 12.5 Å². The fourth-order valence-corrected chi connectivity index (χ4v) is 2.83.